The Hall–Kier alpha value is -3.60. The van der Waals surface area contributed by atoms with E-state index in [1.807, 2.05) is 6.07 Å². The number of hydrogen-bond donors (Lipinski definition) is 4. The number of aliphatic hydroxyl groups is 1. The molecular weight excluding hydrogens is 494 g/mol. The van der Waals surface area contributed by atoms with Gasteiger partial charge in [0.2, 0.25) is 0 Å². The summed E-state index contributed by atoms with van der Waals surface area (Å²) in [7, 11) is 0. The molecule has 4 N–H and O–H groups in total. The second-order valence-electron chi connectivity index (χ2n) is 11.9. The van der Waals surface area contributed by atoms with Gasteiger partial charge in [0.1, 0.15) is 17.4 Å². The van der Waals surface area contributed by atoms with E-state index in [-0.39, 0.29) is 28.6 Å². The predicted octanol–water partition coefficient (Wildman–Crippen LogP) is 5.09. The van der Waals surface area contributed by atoms with Gasteiger partial charge in [0.25, 0.3) is 0 Å². The van der Waals surface area contributed by atoms with Crippen LogP contribution in [-0.4, -0.2) is 56.9 Å². The molecule has 4 rings (SSSR count). The highest BCUT2D eigenvalue weighted by molar-refractivity contribution is 5.90. The number of hydrogen-bond acceptors (Lipinski definition) is 5. The summed E-state index contributed by atoms with van der Waals surface area (Å²) in [4.78, 5) is 24.3. The molecule has 2 aromatic rings. The highest BCUT2D eigenvalue weighted by Crippen LogP contribution is 2.49. The molecule has 7 heteroatoms. The van der Waals surface area contributed by atoms with Crippen LogP contribution in [0.3, 0.4) is 0 Å². The maximum Gasteiger partial charge on any atom is 0.339 e. The molecule has 1 heterocycles. The smallest absolute Gasteiger partial charge is 0.339 e. The third-order valence-corrected chi connectivity index (χ3v) is 8.12. The van der Waals surface area contributed by atoms with E-state index in [9.17, 15) is 19.8 Å². The minimum atomic E-state index is -1.22. The molecule has 1 unspecified atom stereocenters. The lowest BCUT2D eigenvalue weighted by atomic mass is 9.61. The molecule has 2 aromatic carbocycles. The number of carboxylic acids is 2. The third kappa shape index (κ3) is 6.19. The maximum atomic E-state index is 11.2. The molecule has 0 fully saturated rings. The summed E-state index contributed by atoms with van der Waals surface area (Å²) >= 11 is 0. The first-order valence-electron chi connectivity index (χ1n) is 13.4. The molecule has 0 bridgehead atoms. The summed E-state index contributed by atoms with van der Waals surface area (Å²) in [5.41, 5.74) is 5.64. The van der Waals surface area contributed by atoms with Crippen molar-refractivity contribution in [3.63, 3.8) is 0 Å². The fourth-order valence-electron chi connectivity index (χ4n) is 5.66. The van der Waals surface area contributed by atoms with Gasteiger partial charge in [0, 0.05) is 25.2 Å². The van der Waals surface area contributed by atoms with Crippen molar-refractivity contribution in [2.75, 3.05) is 19.6 Å². The van der Waals surface area contributed by atoms with Gasteiger partial charge in [0.05, 0.1) is 6.42 Å². The lowest BCUT2D eigenvalue weighted by Gasteiger charge is -2.44. The molecular formula is C32H37NO6. The normalized spacial score (nSPS) is 18.7. The van der Waals surface area contributed by atoms with Gasteiger partial charge >= 0.3 is 11.9 Å². The average molecular weight is 532 g/mol. The standard InChI is InChI=1S/C32H37NO6/c1-31(2)12-13-32(3,4)29-24(21-9-14-33(15-10-21)16-11-28(36)37)18-22(19-25(29)31)26(34)8-6-20-5-7-23(30(38)39)27(35)17-20/h5,7,9,17-19,26,34-35H,10-16H2,1-4H3,(H,36,37)(H,38,39). The van der Waals surface area contributed by atoms with Crippen molar-refractivity contribution in [1.82, 2.24) is 4.90 Å². The van der Waals surface area contributed by atoms with Crippen molar-refractivity contribution in [1.29, 1.82) is 0 Å². The van der Waals surface area contributed by atoms with E-state index in [1.165, 1.54) is 34.9 Å². The fourth-order valence-corrected chi connectivity index (χ4v) is 5.66. The number of aliphatic carboxylic acids is 1. The van der Waals surface area contributed by atoms with Gasteiger partial charge in [-0.1, -0.05) is 51.7 Å². The van der Waals surface area contributed by atoms with Crippen LogP contribution >= 0.6 is 0 Å². The van der Waals surface area contributed by atoms with Crippen LogP contribution in [0.1, 0.15) is 97.7 Å². The minimum absolute atomic E-state index is 0.0416. The van der Waals surface area contributed by atoms with Crippen LogP contribution in [0.15, 0.2) is 36.4 Å². The van der Waals surface area contributed by atoms with E-state index in [2.05, 4.69) is 56.6 Å². The second-order valence-corrected chi connectivity index (χ2v) is 11.9. The molecule has 0 saturated heterocycles. The molecule has 0 spiro atoms. The number of aromatic hydroxyl groups is 1. The van der Waals surface area contributed by atoms with E-state index >= 15 is 0 Å². The number of benzene rings is 2. The fraction of sp³-hybridized carbons (Fsp3) is 0.438. The highest BCUT2D eigenvalue weighted by atomic mass is 16.4. The third-order valence-electron chi connectivity index (χ3n) is 8.12. The molecule has 1 atom stereocenters. The zero-order chi connectivity index (χ0) is 28.5. The molecule has 0 amide bonds. The molecule has 1 aliphatic carbocycles. The Morgan fingerprint density at radius 3 is 2.38 bits per heavy atom. The predicted molar refractivity (Wildman–Crippen MR) is 150 cm³/mol. The zero-order valence-electron chi connectivity index (χ0n) is 23.0. The van der Waals surface area contributed by atoms with E-state index in [0.717, 1.165) is 31.4 Å². The molecule has 1 aliphatic heterocycles. The average Bonchev–Trinajstić information content (AvgIpc) is 2.88. The molecule has 206 valence electrons. The van der Waals surface area contributed by atoms with Gasteiger partial charge in [-0.25, -0.2) is 4.79 Å². The Morgan fingerprint density at radius 1 is 1.05 bits per heavy atom. The SMILES string of the molecule is CC1(C)CCC(C)(C)c2c(C3=CCN(CCC(=O)O)CC3)cc(C(O)C#Cc3ccc(C(=O)O)c(O)c3)cc21. The van der Waals surface area contributed by atoms with Gasteiger partial charge in [-0.3, -0.25) is 9.69 Å². The summed E-state index contributed by atoms with van der Waals surface area (Å²) < 4.78 is 0. The first-order valence-corrected chi connectivity index (χ1v) is 13.4. The van der Waals surface area contributed by atoms with Gasteiger partial charge < -0.3 is 20.4 Å². The van der Waals surface area contributed by atoms with E-state index in [0.29, 0.717) is 24.2 Å². The quantitative estimate of drug-likeness (QED) is 0.384. The highest BCUT2D eigenvalue weighted by Gasteiger charge is 2.40. The molecule has 0 aromatic heterocycles. The Balaban J connectivity index is 1.73. The maximum absolute atomic E-state index is 11.2. The van der Waals surface area contributed by atoms with Gasteiger partial charge in [-0.2, -0.15) is 0 Å². The lowest BCUT2D eigenvalue weighted by Crippen LogP contribution is -2.36. The van der Waals surface area contributed by atoms with Crippen molar-refractivity contribution in [2.24, 2.45) is 0 Å². The summed E-state index contributed by atoms with van der Waals surface area (Å²) in [5, 5.41) is 39.3. The molecule has 2 aliphatic rings. The van der Waals surface area contributed by atoms with Crippen LogP contribution in [0.4, 0.5) is 0 Å². The minimum Gasteiger partial charge on any atom is -0.507 e. The Labute approximate surface area is 229 Å². The van der Waals surface area contributed by atoms with Crippen LogP contribution in [0.5, 0.6) is 5.75 Å². The largest absolute Gasteiger partial charge is 0.507 e. The summed E-state index contributed by atoms with van der Waals surface area (Å²) in [6.07, 6.45) is 4.10. The number of phenols is 1. The Bertz CT molecular complexity index is 1390. The summed E-state index contributed by atoms with van der Waals surface area (Å²) in [6, 6.07) is 8.22. The first kappa shape index (κ1) is 28.4. The lowest BCUT2D eigenvalue weighted by molar-refractivity contribution is -0.137. The van der Waals surface area contributed by atoms with Gasteiger partial charge in [-0.15, -0.1) is 0 Å². The van der Waals surface area contributed by atoms with E-state index in [4.69, 9.17) is 10.2 Å². The number of aliphatic hydroxyl groups excluding tert-OH is 1. The molecule has 39 heavy (non-hydrogen) atoms. The van der Waals surface area contributed by atoms with Crippen LogP contribution in [0.2, 0.25) is 0 Å². The van der Waals surface area contributed by atoms with Crippen molar-refractivity contribution in [2.45, 2.75) is 70.3 Å². The van der Waals surface area contributed by atoms with E-state index in [1.54, 1.807) is 0 Å². The number of nitrogens with zero attached hydrogens (tertiary/aromatic N) is 1. The number of aromatic carboxylic acids is 1. The van der Waals surface area contributed by atoms with Crippen molar-refractivity contribution >= 4 is 17.5 Å². The van der Waals surface area contributed by atoms with Gasteiger partial charge in [-0.05, 0) is 82.2 Å². The summed E-state index contributed by atoms with van der Waals surface area (Å²) in [5.74, 6) is 3.36. The van der Waals surface area contributed by atoms with Crippen LogP contribution in [-0.2, 0) is 15.6 Å². The van der Waals surface area contributed by atoms with Crippen molar-refractivity contribution < 1.29 is 30.0 Å². The Morgan fingerprint density at radius 2 is 1.77 bits per heavy atom. The molecule has 0 saturated carbocycles. The second kappa shape index (κ2) is 10.9. The first-order chi connectivity index (χ1) is 18.3. The van der Waals surface area contributed by atoms with Gasteiger partial charge in [0.15, 0.2) is 0 Å². The van der Waals surface area contributed by atoms with Crippen molar-refractivity contribution in [3.05, 3.63) is 69.8 Å². The Kier molecular flexibility index (Phi) is 7.92. The number of carboxylic acid groups (broad SMARTS) is 2. The molecule has 7 nitrogen and oxygen atoms in total. The molecule has 0 radical (unpaired) electrons. The van der Waals surface area contributed by atoms with Crippen LogP contribution < -0.4 is 0 Å². The van der Waals surface area contributed by atoms with Crippen LogP contribution in [0, 0.1) is 11.8 Å². The van der Waals surface area contributed by atoms with E-state index < -0.39 is 18.0 Å². The monoisotopic (exact) mass is 531 g/mol. The van der Waals surface area contributed by atoms with Crippen molar-refractivity contribution in [3.8, 4) is 17.6 Å². The zero-order valence-corrected chi connectivity index (χ0v) is 23.0. The summed E-state index contributed by atoms with van der Waals surface area (Å²) in [6.45, 7) is 11.0. The number of fused-ring (bicyclic) bond motifs is 1. The number of carbonyl (C=O) groups is 2. The van der Waals surface area contributed by atoms with Crippen LogP contribution in [0.25, 0.3) is 5.57 Å². The number of rotatable bonds is 6. The topological polar surface area (TPSA) is 118 Å².